The molecule has 1 aromatic carbocycles. The number of anilines is 1. The van der Waals surface area contributed by atoms with E-state index in [0.29, 0.717) is 0 Å². The second-order valence-electron chi connectivity index (χ2n) is 7.72. The molecule has 2 fully saturated rings. The molecule has 0 radical (unpaired) electrons. The van der Waals surface area contributed by atoms with Gasteiger partial charge in [0.05, 0.1) is 0 Å². The van der Waals surface area contributed by atoms with Crippen LogP contribution in [-0.4, -0.2) is 18.1 Å². The molecule has 1 aliphatic carbocycles. The molecule has 1 N–H and O–H groups in total. The fourth-order valence-corrected chi connectivity index (χ4v) is 3.72. The van der Waals surface area contributed by atoms with Gasteiger partial charge in [-0.2, -0.15) is 0 Å². The quantitative estimate of drug-likeness (QED) is 0.898. The van der Waals surface area contributed by atoms with Gasteiger partial charge in [0.2, 0.25) is 0 Å². The van der Waals surface area contributed by atoms with Crippen molar-refractivity contribution in [1.82, 2.24) is 5.32 Å². The van der Waals surface area contributed by atoms with Crippen molar-refractivity contribution in [2.24, 2.45) is 5.92 Å². The van der Waals surface area contributed by atoms with E-state index in [2.05, 4.69) is 56.1 Å². The van der Waals surface area contributed by atoms with Gasteiger partial charge in [-0.1, -0.05) is 17.7 Å². The molecule has 1 heterocycles. The van der Waals surface area contributed by atoms with Crippen LogP contribution in [-0.2, 0) is 6.54 Å². The Morgan fingerprint density at radius 2 is 2.05 bits per heavy atom. The van der Waals surface area contributed by atoms with Crippen LogP contribution in [0.25, 0.3) is 0 Å². The Kier molecular flexibility index (Phi) is 3.53. The normalized spacial score (nSPS) is 25.5. The molecule has 1 saturated carbocycles. The van der Waals surface area contributed by atoms with Crippen molar-refractivity contribution < 1.29 is 0 Å². The molecule has 2 bridgehead atoms. The minimum absolute atomic E-state index is 0.172. The third kappa shape index (κ3) is 2.85. The van der Waals surface area contributed by atoms with Crippen molar-refractivity contribution >= 4 is 5.69 Å². The first-order valence-electron chi connectivity index (χ1n) is 8.03. The number of hydrogen-bond acceptors (Lipinski definition) is 2. The molecule has 2 atom stereocenters. The summed E-state index contributed by atoms with van der Waals surface area (Å²) in [5, 5.41) is 3.65. The summed E-state index contributed by atoms with van der Waals surface area (Å²) in [6.07, 6.45) is 4.26. The summed E-state index contributed by atoms with van der Waals surface area (Å²) in [6, 6.07) is 7.77. The van der Waals surface area contributed by atoms with Crippen LogP contribution in [0.4, 0.5) is 5.69 Å². The number of aryl methyl sites for hydroxylation is 1. The monoisotopic (exact) mass is 272 g/mol. The Labute approximate surface area is 123 Å². The third-order valence-corrected chi connectivity index (χ3v) is 4.76. The zero-order valence-electron chi connectivity index (χ0n) is 13.4. The summed E-state index contributed by atoms with van der Waals surface area (Å²) in [6.45, 7) is 11.1. The molecule has 20 heavy (non-hydrogen) atoms. The lowest BCUT2D eigenvalue weighted by atomic mass is 10.0. The van der Waals surface area contributed by atoms with E-state index < -0.39 is 0 Å². The van der Waals surface area contributed by atoms with E-state index in [-0.39, 0.29) is 5.54 Å². The van der Waals surface area contributed by atoms with Crippen LogP contribution in [0.1, 0.15) is 51.2 Å². The summed E-state index contributed by atoms with van der Waals surface area (Å²) in [5.74, 6) is 0.949. The number of fused-ring (bicyclic) bond motifs is 2. The lowest BCUT2D eigenvalue weighted by Crippen LogP contribution is -2.37. The first-order valence-corrected chi connectivity index (χ1v) is 8.03. The average molecular weight is 272 g/mol. The lowest BCUT2D eigenvalue weighted by molar-refractivity contribution is 0.424. The Hall–Kier alpha value is -1.02. The molecule has 3 rings (SSSR count). The van der Waals surface area contributed by atoms with E-state index in [1.165, 1.54) is 42.6 Å². The Balaban J connectivity index is 1.83. The van der Waals surface area contributed by atoms with Crippen LogP contribution in [0.15, 0.2) is 18.2 Å². The number of nitrogens with zero attached hydrogens (tertiary/aromatic N) is 1. The van der Waals surface area contributed by atoms with E-state index in [1.807, 2.05) is 0 Å². The van der Waals surface area contributed by atoms with Crippen molar-refractivity contribution in [3.63, 3.8) is 0 Å². The predicted octanol–water partition coefficient (Wildman–Crippen LogP) is 3.87. The lowest BCUT2D eigenvalue weighted by Gasteiger charge is -2.32. The number of benzene rings is 1. The summed E-state index contributed by atoms with van der Waals surface area (Å²) in [5.41, 5.74) is 4.47. The number of rotatable bonds is 3. The van der Waals surface area contributed by atoms with Crippen molar-refractivity contribution in [2.45, 2.75) is 65.1 Å². The van der Waals surface area contributed by atoms with Crippen LogP contribution >= 0.6 is 0 Å². The van der Waals surface area contributed by atoms with Crippen molar-refractivity contribution in [1.29, 1.82) is 0 Å². The molecule has 2 aliphatic rings. The second-order valence-corrected chi connectivity index (χ2v) is 7.72. The second kappa shape index (κ2) is 5.07. The average Bonchev–Trinajstić information content (AvgIpc) is 2.98. The molecule has 0 aromatic heterocycles. The number of piperidine rings is 1. The summed E-state index contributed by atoms with van der Waals surface area (Å²) in [4.78, 5) is 2.67. The van der Waals surface area contributed by atoms with Gasteiger partial charge in [0.1, 0.15) is 0 Å². The number of hydrogen-bond donors (Lipinski definition) is 1. The van der Waals surface area contributed by atoms with Crippen molar-refractivity contribution in [2.75, 3.05) is 11.4 Å². The molecule has 0 spiro atoms. The Bertz CT molecular complexity index is 487. The smallest absolute Gasteiger partial charge is 0.0414 e. The maximum Gasteiger partial charge on any atom is 0.0414 e. The molecule has 1 aromatic rings. The van der Waals surface area contributed by atoms with Gasteiger partial charge in [-0.05, 0) is 64.5 Å². The Morgan fingerprint density at radius 3 is 2.65 bits per heavy atom. The van der Waals surface area contributed by atoms with E-state index >= 15 is 0 Å². The van der Waals surface area contributed by atoms with Crippen LogP contribution < -0.4 is 10.2 Å². The fourth-order valence-electron chi connectivity index (χ4n) is 3.72. The maximum absolute atomic E-state index is 3.65. The largest absolute Gasteiger partial charge is 0.368 e. The zero-order valence-corrected chi connectivity index (χ0v) is 13.4. The van der Waals surface area contributed by atoms with Crippen LogP contribution in [0, 0.1) is 12.8 Å². The highest BCUT2D eigenvalue weighted by atomic mass is 15.2. The third-order valence-electron chi connectivity index (χ3n) is 4.76. The molecule has 2 heteroatoms. The molecular weight excluding hydrogens is 244 g/mol. The molecule has 2 nitrogen and oxygen atoms in total. The highest BCUT2D eigenvalue weighted by Crippen LogP contribution is 2.41. The van der Waals surface area contributed by atoms with E-state index in [0.717, 1.165) is 18.5 Å². The first-order chi connectivity index (χ1) is 9.42. The molecule has 0 amide bonds. The standard InChI is InChI=1S/C18H28N2/c1-13-5-8-17(15(9-13)11-19-18(2,3)4)20-12-14-6-7-16(20)10-14/h5,8-9,14,16,19H,6-7,10-12H2,1-4H3. The number of nitrogens with one attached hydrogen (secondary N) is 1. The summed E-state index contributed by atoms with van der Waals surface area (Å²) in [7, 11) is 0. The van der Waals surface area contributed by atoms with Gasteiger partial charge in [0, 0.05) is 30.4 Å². The van der Waals surface area contributed by atoms with E-state index in [1.54, 1.807) is 0 Å². The van der Waals surface area contributed by atoms with Gasteiger partial charge in [-0.25, -0.2) is 0 Å². The first kappa shape index (κ1) is 13.9. The highest BCUT2D eigenvalue weighted by Gasteiger charge is 2.38. The van der Waals surface area contributed by atoms with Gasteiger partial charge in [-0.3, -0.25) is 0 Å². The minimum atomic E-state index is 0.172. The SMILES string of the molecule is Cc1ccc(N2CC3CCC2C3)c(CNC(C)(C)C)c1. The predicted molar refractivity (Wildman–Crippen MR) is 86.2 cm³/mol. The van der Waals surface area contributed by atoms with Gasteiger partial charge in [-0.15, -0.1) is 0 Å². The van der Waals surface area contributed by atoms with Crippen LogP contribution in [0.3, 0.4) is 0 Å². The summed E-state index contributed by atoms with van der Waals surface area (Å²) >= 11 is 0. The fraction of sp³-hybridized carbons (Fsp3) is 0.667. The molecule has 1 saturated heterocycles. The topological polar surface area (TPSA) is 15.3 Å². The zero-order chi connectivity index (χ0) is 14.3. The molecule has 110 valence electrons. The highest BCUT2D eigenvalue weighted by molar-refractivity contribution is 5.57. The molecular formula is C18H28N2. The molecule has 1 aliphatic heterocycles. The maximum atomic E-state index is 3.65. The summed E-state index contributed by atoms with van der Waals surface area (Å²) < 4.78 is 0. The van der Waals surface area contributed by atoms with E-state index in [9.17, 15) is 0 Å². The van der Waals surface area contributed by atoms with Gasteiger partial charge < -0.3 is 10.2 Å². The molecule has 2 unspecified atom stereocenters. The van der Waals surface area contributed by atoms with Crippen LogP contribution in [0.5, 0.6) is 0 Å². The van der Waals surface area contributed by atoms with Crippen molar-refractivity contribution in [3.8, 4) is 0 Å². The van der Waals surface area contributed by atoms with Gasteiger partial charge in [0.25, 0.3) is 0 Å². The van der Waals surface area contributed by atoms with Crippen LogP contribution in [0.2, 0.25) is 0 Å². The van der Waals surface area contributed by atoms with E-state index in [4.69, 9.17) is 0 Å². The Morgan fingerprint density at radius 1 is 1.25 bits per heavy atom. The van der Waals surface area contributed by atoms with Crippen molar-refractivity contribution in [3.05, 3.63) is 29.3 Å². The van der Waals surface area contributed by atoms with Gasteiger partial charge in [0.15, 0.2) is 0 Å². The minimum Gasteiger partial charge on any atom is -0.368 e. The van der Waals surface area contributed by atoms with Gasteiger partial charge >= 0.3 is 0 Å².